The normalized spacial score (nSPS) is 10.6. The summed E-state index contributed by atoms with van der Waals surface area (Å²) in [6.07, 6.45) is 2.01. The molecule has 0 unspecified atom stereocenters. The van der Waals surface area contributed by atoms with Crippen LogP contribution in [-0.4, -0.2) is 4.57 Å². The van der Waals surface area contributed by atoms with E-state index in [9.17, 15) is 0 Å². The van der Waals surface area contributed by atoms with Gasteiger partial charge in [0.15, 0.2) is 0 Å². The SMILES string of the molecule is Cn1ccc2cccc(N)c21. The van der Waals surface area contributed by atoms with Crippen LogP contribution in [-0.2, 0) is 7.05 Å². The molecule has 0 saturated heterocycles. The van der Waals surface area contributed by atoms with E-state index in [1.807, 2.05) is 29.9 Å². The van der Waals surface area contributed by atoms with Crippen molar-refractivity contribution in [2.24, 2.45) is 7.05 Å². The van der Waals surface area contributed by atoms with Crippen molar-refractivity contribution in [1.29, 1.82) is 0 Å². The summed E-state index contributed by atoms with van der Waals surface area (Å²) in [7, 11) is 2.00. The van der Waals surface area contributed by atoms with Gasteiger partial charge in [-0.15, -0.1) is 0 Å². The Labute approximate surface area is 65.2 Å². The molecule has 1 aromatic carbocycles. The molecule has 0 spiro atoms. The standard InChI is InChI=1S/C9H10N2/c1-11-6-5-7-3-2-4-8(10)9(7)11/h2-6H,10H2,1H3. The highest BCUT2D eigenvalue weighted by Crippen LogP contribution is 2.20. The second kappa shape index (κ2) is 2.02. The second-order valence-corrected chi connectivity index (χ2v) is 2.71. The zero-order valence-corrected chi connectivity index (χ0v) is 6.41. The smallest absolute Gasteiger partial charge is 0.0711 e. The van der Waals surface area contributed by atoms with E-state index in [1.165, 1.54) is 5.39 Å². The number of anilines is 1. The number of fused-ring (bicyclic) bond motifs is 1. The van der Waals surface area contributed by atoms with Crippen molar-refractivity contribution in [2.75, 3.05) is 5.73 Å². The van der Waals surface area contributed by atoms with Gasteiger partial charge in [-0.05, 0) is 12.1 Å². The molecule has 56 valence electrons. The number of rotatable bonds is 0. The van der Waals surface area contributed by atoms with Crippen molar-refractivity contribution in [1.82, 2.24) is 4.57 Å². The summed E-state index contributed by atoms with van der Waals surface area (Å²) in [6.45, 7) is 0. The minimum atomic E-state index is 0.843. The van der Waals surface area contributed by atoms with Crippen LogP contribution in [0.3, 0.4) is 0 Å². The molecule has 0 bridgehead atoms. The molecule has 0 saturated carbocycles. The van der Waals surface area contributed by atoms with E-state index in [-0.39, 0.29) is 0 Å². The van der Waals surface area contributed by atoms with Gasteiger partial charge in [0.05, 0.1) is 11.2 Å². The predicted octanol–water partition coefficient (Wildman–Crippen LogP) is 1.76. The van der Waals surface area contributed by atoms with Crippen LogP contribution in [0.4, 0.5) is 5.69 Å². The third kappa shape index (κ3) is 0.792. The molecule has 0 atom stereocenters. The van der Waals surface area contributed by atoms with Crippen molar-refractivity contribution in [3.05, 3.63) is 30.5 Å². The van der Waals surface area contributed by atoms with E-state index >= 15 is 0 Å². The van der Waals surface area contributed by atoms with E-state index in [4.69, 9.17) is 5.73 Å². The number of hydrogen-bond acceptors (Lipinski definition) is 1. The van der Waals surface area contributed by atoms with Crippen LogP contribution in [0.15, 0.2) is 30.5 Å². The monoisotopic (exact) mass is 146 g/mol. The maximum Gasteiger partial charge on any atom is 0.0711 e. The maximum absolute atomic E-state index is 5.78. The lowest BCUT2D eigenvalue weighted by atomic mass is 10.2. The summed E-state index contributed by atoms with van der Waals surface area (Å²) >= 11 is 0. The molecule has 1 aromatic heterocycles. The van der Waals surface area contributed by atoms with Crippen LogP contribution in [0.25, 0.3) is 10.9 Å². The topological polar surface area (TPSA) is 30.9 Å². The molecule has 0 amide bonds. The first kappa shape index (κ1) is 6.28. The summed E-state index contributed by atoms with van der Waals surface area (Å²) in [4.78, 5) is 0. The number of nitrogens with zero attached hydrogens (tertiary/aromatic N) is 1. The minimum absolute atomic E-state index is 0.843. The third-order valence-corrected chi connectivity index (χ3v) is 1.93. The Morgan fingerprint density at radius 1 is 1.27 bits per heavy atom. The van der Waals surface area contributed by atoms with Gasteiger partial charge in [-0.25, -0.2) is 0 Å². The molecule has 0 aliphatic carbocycles. The number of nitrogen functional groups attached to an aromatic ring is 1. The Kier molecular flexibility index (Phi) is 1.15. The van der Waals surface area contributed by atoms with Crippen molar-refractivity contribution in [3.63, 3.8) is 0 Å². The van der Waals surface area contributed by atoms with Crippen LogP contribution < -0.4 is 5.73 Å². The largest absolute Gasteiger partial charge is 0.397 e. The molecule has 0 radical (unpaired) electrons. The van der Waals surface area contributed by atoms with Gasteiger partial charge in [0.1, 0.15) is 0 Å². The molecular formula is C9H10N2. The lowest BCUT2D eigenvalue weighted by Crippen LogP contribution is -1.91. The van der Waals surface area contributed by atoms with Gasteiger partial charge in [-0.2, -0.15) is 0 Å². The number of benzene rings is 1. The van der Waals surface area contributed by atoms with E-state index in [2.05, 4.69) is 12.1 Å². The first-order chi connectivity index (χ1) is 5.29. The summed E-state index contributed by atoms with van der Waals surface area (Å²) in [5.41, 5.74) is 7.74. The fourth-order valence-electron chi connectivity index (χ4n) is 1.39. The highest BCUT2D eigenvalue weighted by Gasteiger charge is 1.98. The average molecular weight is 146 g/mol. The first-order valence-corrected chi connectivity index (χ1v) is 3.58. The average Bonchev–Trinajstić information content (AvgIpc) is 2.34. The Morgan fingerprint density at radius 2 is 2.09 bits per heavy atom. The molecule has 0 aliphatic heterocycles. The minimum Gasteiger partial charge on any atom is -0.397 e. The molecule has 2 nitrogen and oxygen atoms in total. The Balaban J connectivity index is 2.96. The van der Waals surface area contributed by atoms with Gasteiger partial charge in [-0.1, -0.05) is 12.1 Å². The molecule has 2 aromatic rings. The number of para-hydroxylation sites is 1. The fraction of sp³-hybridized carbons (Fsp3) is 0.111. The van der Waals surface area contributed by atoms with E-state index in [0.29, 0.717) is 0 Å². The van der Waals surface area contributed by atoms with E-state index in [1.54, 1.807) is 0 Å². The highest BCUT2D eigenvalue weighted by atomic mass is 14.9. The fourth-order valence-corrected chi connectivity index (χ4v) is 1.39. The van der Waals surface area contributed by atoms with Crippen molar-refractivity contribution >= 4 is 16.6 Å². The first-order valence-electron chi connectivity index (χ1n) is 3.58. The molecule has 0 aliphatic rings. The zero-order valence-electron chi connectivity index (χ0n) is 6.41. The molecule has 11 heavy (non-hydrogen) atoms. The molecule has 0 fully saturated rings. The summed E-state index contributed by atoms with van der Waals surface area (Å²) in [6, 6.07) is 8.01. The van der Waals surface area contributed by atoms with E-state index < -0.39 is 0 Å². The lowest BCUT2D eigenvalue weighted by Gasteiger charge is -1.98. The van der Waals surface area contributed by atoms with Crippen LogP contribution in [0, 0.1) is 0 Å². The van der Waals surface area contributed by atoms with Crippen LogP contribution >= 0.6 is 0 Å². The Bertz CT molecular complexity index is 387. The van der Waals surface area contributed by atoms with Gasteiger partial charge < -0.3 is 10.3 Å². The summed E-state index contributed by atoms with van der Waals surface area (Å²) < 4.78 is 2.03. The number of aryl methyl sites for hydroxylation is 1. The summed E-state index contributed by atoms with van der Waals surface area (Å²) in [5, 5.41) is 1.20. The number of aromatic nitrogens is 1. The predicted molar refractivity (Wildman–Crippen MR) is 47.3 cm³/mol. The van der Waals surface area contributed by atoms with Gasteiger partial charge in [-0.3, -0.25) is 0 Å². The van der Waals surface area contributed by atoms with Gasteiger partial charge >= 0.3 is 0 Å². The van der Waals surface area contributed by atoms with Crippen LogP contribution in [0.5, 0.6) is 0 Å². The maximum atomic E-state index is 5.78. The van der Waals surface area contributed by atoms with Crippen molar-refractivity contribution in [2.45, 2.75) is 0 Å². The quantitative estimate of drug-likeness (QED) is 0.564. The van der Waals surface area contributed by atoms with Crippen molar-refractivity contribution < 1.29 is 0 Å². The Morgan fingerprint density at radius 3 is 2.82 bits per heavy atom. The zero-order chi connectivity index (χ0) is 7.84. The highest BCUT2D eigenvalue weighted by molar-refractivity contribution is 5.90. The second-order valence-electron chi connectivity index (χ2n) is 2.71. The number of nitrogens with two attached hydrogens (primary N) is 1. The molecule has 2 rings (SSSR count). The molecule has 1 heterocycles. The van der Waals surface area contributed by atoms with Crippen LogP contribution in [0.2, 0.25) is 0 Å². The number of hydrogen-bond donors (Lipinski definition) is 1. The Hall–Kier alpha value is -1.44. The third-order valence-electron chi connectivity index (χ3n) is 1.93. The van der Waals surface area contributed by atoms with Gasteiger partial charge in [0.2, 0.25) is 0 Å². The van der Waals surface area contributed by atoms with Gasteiger partial charge in [0, 0.05) is 18.6 Å². The lowest BCUT2D eigenvalue weighted by molar-refractivity contribution is 0.970. The van der Waals surface area contributed by atoms with Crippen LogP contribution in [0.1, 0.15) is 0 Å². The summed E-state index contributed by atoms with van der Waals surface area (Å²) in [5.74, 6) is 0. The molecular weight excluding hydrogens is 136 g/mol. The molecule has 2 heteroatoms. The van der Waals surface area contributed by atoms with Crippen molar-refractivity contribution in [3.8, 4) is 0 Å². The molecule has 2 N–H and O–H groups in total. The van der Waals surface area contributed by atoms with E-state index in [0.717, 1.165) is 11.2 Å². The van der Waals surface area contributed by atoms with Gasteiger partial charge in [0.25, 0.3) is 0 Å².